The minimum Gasteiger partial charge on any atom is -0.374 e. The van der Waals surface area contributed by atoms with E-state index in [1.807, 2.05) is 19.9 Å². The largest absolute Gasteiger partial charge is 0.374 e. The van der Waals surface area contributed by atoms with E-state index in [1.54, 1.807) is 6.07 Å². The molecular formula is C17H26FNO. The van der Waals surface area contributed by atoms with E-state index in [-0.39, 0.29) is 17.5 Å². The Morgan fingerprint density at radius 3 is 2.60 bits per heavy atom. The van der Waals surface area contributed by atoms with Crippen molar-refractivity contribution in [2.75, 3.05) is 6.61 Å². The number of benzene rings is 1. The summed E-state index contributed by atoms with van der Waals surface area (Å²) in [5, 5.41) is 0. The highest BCUT2D eigenvalue weighted by Crippen LogP contribution is 2.35. The van der Waals surface area contributed by atoms with Crippen molar-refractivity contribution < 1.29 is 9.13 Å². The summed E-state index contributed by atoms with van der Waals surface area (Å²) in [5.74, 6) is -0.183. The number of rotatable bonds is 5. The molecule has 1 aliphatic carbocycles. The first kappa shape index (κ1) is 15.5. The van der Waals surface area contributed by atoms with Gasteiger partial charge in [0.05, 0.1) is 5.60 Å². The summed E-state index contributed by atoms with van der Waals surface area (Å²) >= 11 is 0. The second kappa shape index (κ2) is 6.68. The van der Waals surface area contributed by atoms with E-state index in [1.165, 1.54) is 25.3 Å². The van der Waals surface area contributed by atoms with Crippen molar-refractivity contribution in [3.05, 3.63) is 35.1 Å². The zero-order valence-corrected chi connectivity index (χ0v) is 12.6. The molecule has 0 amide bonds. The summed E-state index contributed by atoms with van der Waals surface area (Å²) in [6.45, 7) is 4.68. The minimum absolute atomic E-state index is 0.0214. The lowest BCUT2D eigenvalue weighted by atomic mass is 9.77. The van der Waals surface area contributed by atoms with Gasteiger partial charge in [-0.2, -0.15) is 0 Å². The monoisotopic (exact) mass is 279 g/mol. The highest BCUT2D eigenvalue weighted by Gasteiger charge is 2.38. The molecule has 3 heteroatoms. The summed E-state index contributed by atoms with van der Waals surface area (Å²) < 4.78 is 19.2. The van der Waals surface area contributed by atoms with Crippen LogP contribution < -0.4 is 5.73 Å². The molecule has 20 heavy (non-hydrogen) atoms. The van der Waals surface area contributed by atoms with Crippen LogP contribution in [0.4, 0.5) is 4.39 Å². The maximum atomic E-state index is 13.2. The van der Waals surface area contributed by atoms with Crippen molar-refractivity contribution in [1.82, 2.24) is 0 Å². The first-order valence-electron chi connectivity index (χ1n) is 7.72. The highest BCUT2D eigenvalue weighted by atomic mass is 19.1. The molecular weight excluding hydrogens is 253 g/mol. The average Bonchev–Trinajstić information content (AvgIpc) is 2.43. The van der Waals surface area contributed by atoms with E-state index in [9.17, 15) is 4.39 Å². The van der Waals surface area contributed by atoms with Crippen LogP contribution in [0, 0.1) is 12.7 Å². The summed E-state index contributed by atoms with van der Waals surface area (Å²) in [7, 11) is 0. The van der Waals surface area contributed by atoms with Gasteiger partial charge in [-0.25, -0.2) is 4.39 Å². The number of nitrogens with two attached hydrogens (primary N) is 1. The maximum absolute atomic E-state index is 13.2. The molecule has 2 N–H and O–H groups in total. The van der Waals surface area contributed by atoms with Gasteiger partial charge in [0.1, 0.15) is 5.82 Å². The number of ether oxygens (including phenoxy) is 1. The van der Waals surface area contributed by atoms with E-state index in [2.05, 4.69) is 0 Å². The van der Waals surface area contributed by atoms with Gasteiger partial charge in [-0.15, -0.1) is 0 Å². The Morgan fingerprint density at radius 1 is 1.30 bits per heavy atom. The van der Waals surface area contributed by atoms with Gasteiger partial charge >= 0.3 is 0 Å². The van der Waals surface area contributed by atoms with Crippen molar-refractivity contribution in [3.8, 4) is 0 Å². The van der Waals surface area contributed by atoms with Crippen molar-refractivity contribution in [3.63, 3.8) is 0 Å². The van der Waals surface area contributed by atoms with Gasteiger partial charge in [0.25, 0.3) is 0 Å². The molecule has 1 atom stereocenters. The van der Waals surface area contributed by atoms with Crippen LogP contribution in [-0.2, 0) is 11.2 Å². The minimum atomic E-state index is -0.187. The van der Waals surface area contributed by atoms with E-state index in [0.717, 1.165) is 30.4 Å². The third-order valence-electron chi connectivity index (χ3n) is 4.55. The molecule has 0 aliphatic heterocycles. The van der Waals surface area contributed by atoms with Gasteiger partial charge < -0.3 is 10.5 Å². The first-order chi connectivity index (χ1) is 9.57. The molecule has 2 nitrogen and oxygen atoms in total. The number of halogens is 1. The topological polar surface area (TPSA) is 35.2 Å². The molecule has 2 rings (SSSR count). The van der Waals surface area contributed by atoms with Gasteiger partial charge in [0.2, 0.25) is 0 Å². The lowest BCUT2D eigenvalue weighted by Crippen LogP contribution is -2.52. The summed E-state index contributed by atoms with van der Waals surface area (Å²) in [5.41, 5.74) is 8.41. The molecule has 1 aliphatic rings. The Balaban J connectivity index is 2.13. The van der Waals surface area contributed by atoms with Crippen molar-refractivity contribution in [1.29, 1.82) is 0 Å². The molecule has 0 radical (unpaired) electrons. The molecule has 1 aromatic rings. The lowest BCUT2D eigenvalue weighted by Gasteiger charge is -2.42. The van der Waals surface area contributed by atoms with Gasteiger partial charge in [-0.1, -0.05) is 25.3 Å². The van der Waals surface area contributed by atoms with Crippen LogP contribution in [0.2, 0.25) is 0 Å². The number of hydrogen-bond donors (Lipinski definition) is 1. The maximum Gasteiger partial charge on any atom is 0.123 e. The Kier molecular flexibility index (Phi) is 5.17. The standard InChI is InChI=1S/C17H26FNO/c1-3-20-17(9-5-4-6-10-17)16(19)12-14-7-8-15(18)11-13(14)2/h7-8,11,16H,3-6,9-10,12,19H2,1-2H3. The van der Waals surface area contributed by atoms with E-state index >= 15 is 0 Å². The van der Waals surface area contributed by atoms with Crippen LogP contribution in [0.3, 0.4) is 0 Å². The Bertz CT molecular complexity index is 435. The van der Waals surface area contributed by atoms with Crippen LogP contribution in [0.25, 0.3) is 0 Å². The molecule has 0 bridgehead atoms. The van der Waals surface area contributed by atoms with E-state index < -0.39 is 0 Å². The molecule has 0 saturated heterocycles. The summed E-state index contributed by atoms with van der Waals surface area (Å²) in [6, 6.07) is 4.93. The second-order valence-corrected chi connectivity index (χ2v) is 5.94. The van der Waals surface area contributed by atoms with E-state index in [0.29, 0.717) is 6.61 Å². The first-order valence-corrected chi connectivity index (χ1v) is 7.72. The number of aryl methyl sites for hydroxylation is 1. The van der Waals surface area contributed by atoms with Gasteiger partial charge in [-0.3, -0.25) is 0 Å². The highest BCUT2D eigenvalue weighted by molar-refractivity contribution is 5.28. The lowest BCUT2D eigenvalue weighted by molar-refractivity contribution is -0.0817. The molecule has 1 unspecified atom stereocenters. The van der Waals surface area contributed by atoms with Crippen LogP contribution in [-0.4, -0.2) is 18.2 Å². The fourth-order valence-electron chi connectivity index (χ4n) is 3.37. The fourth-order valence-corrected chi connectivity index (χ4v) is 3.37. The van der Waals surface area contributed by atoms with E-state index in [4.69, 9.17) is 10.5 Å². The van der Waals surface area contributed by atoms with Crippen molar-refractivity contribution >= 4 is 0 Å². The molecule has 1 fully saturated rings. The predicted octanol–water partition coefficient (Wildman–Crippen LogP) is 3.74. The van der Waals surface area contributed by atoms with Gasteiger partial charge in [0, 0.05) is 12.6 Å². The van der Waals surface area contributed by atoms with Gasteiger partial charge in [-0.05, 0) is 56.4 Å². The molecule has 112 valence electrons. The third-order valence-corrected chi connectivity index (χ3v) is 4.55. The van der Waals surface area contributed by atoms with Crippen LogP contribution in [0.1, 0.15) is 50.2 Å². The second-order valence-electron chi connectivity index (χ2n) is 5.94. The molecule has 1 saturated carbocycles. The summed E-state index contributed by atoms with van der Waals surface area (Å²) in [4.78, 5) is 0. The SMILES string of the molecule is CCOC1(C(N)Cc2ccc(F)cc2C)CCCCC1. The smallest absolute Gasteiger partial charge is 0.123 e. The quantitative estimate of drug-likeness (QED) is 0.891. The molecule has 0 heterocycles. The van der Waals surface area contributed by atoms with Crippen LogP contribution in [0.5, 0.6) is 0 Å². The van der Waals surface area contributed by atoms with Crippen LogP contribution in [0.15, 0.2) is 18.2 Å². The molecule has 0 spiro atoms. The Hall–Kier alpha value is -0.930. The number of hydrogen-bond acceptors (Lipinski definition) is 2. The average molecular weight is 279 g/mol. The molecule has 0 aromatic heterocycles. The molecule has 1 aromatic carbocycles. The Morgan fingerprint density at radius 2 is 2.00 bits per heavy atom. The van der Waals surface area contributed by atoms with Crippen LogP contribution >= 0.6 is 0 Å². The third kappa shape index (κ3) is 3.39. The zero-order chi connectivity index (χ0) is 14.6. The summed E-state index contributed by atoms with van der Waals surface area (Å²) in [6.07, 6.45) is 6.50. The van der Waals surface area contributed by atoms with Gasteiger partial charge in [0.15, 0.2) is 0 Å². The Labute approximate surface area is 121 Å². The zero-order valence-electron chi connectivity index (χ0n) is 12.6. The fraction of sp³-hybridized carbons (Fsp3) is 0.647. The predicted molar refractivity (Wildman–Crippen MR) is 80.3 cm³/mol. The van der Waals surface area contributed by atoms with Crippen molar-refractivity contribution in [2.45, 2.75) is 64.0 Å². The van der Waals surface area contributed by atoms with Crippen molar-refractivity contribution in [2.24, 2.45) is 5.73 Å². The normalized spacial score (nSPS) is 19.8.